The SMILES string of the molecule is CCN1C(=O)/C(=C\c2cc(C)n(-c3ccc(OCc4ccccc4C#N)cc3)c2C)SC1=Nc1ccc(F)cc1. The number of thioether (sulfide) groups is 1. The van der Waals surface area contributed by atoms with Crippen LogP contribution in [-0.4, -0.2) is 27.1 Å². The summed E-state index contributed by atoms with van der Waals surface area (Å²) >= 11 is 1.32. The van der Waals surface area contributed by atoms with Crippen molar-refractivity contribution in [1.82, 2.24) is 9.47 Å². The lowest BCUT2D eigenvalue weighted by Crippen LogP contribution is -2.28. The first-order chi connectivity index (χ1) is 19.4. The molecule has 1 aliphatic rings. The number of likely N-dealkylation sites (N-methyl/N-ethyl adjacent to an activating group) is 1. The minimum Gasteiger partial charge on any atom is -0.489 e. The Bertz CT molecular complexity index is 1660. The topological polar surface area (TPSA) is 70.6 Å². The summed E-state index contributed by atoms with van der Waals surface area (Å²) in [6, 6.07) is 25.4. The van der Waals surface area contributed by atoms with E-state index in [2.05, 4.69) is 21.7 Å². The number of amides is 1. The summed E-state index contributed by atoms with van der Waals surface area (Å²) in [5.41, 5.74) is 6.00. The van der Waals surface area contributed by atoms with Crippen molar-refractivity contribution < 1.29 is 13.9 Å². The van der Waals surface area contributed by atoms with Gasteiger partial charge in [-0.05, 0) is 105 Å². The Hall–Kier alpha value is -4.61. The Morgan fingerprint density at radius 1 is 1.05 bits per heavy atom. The van der Waals surface area contributed by atoms with Gasteiger partial charge in [-0.15, -0.1) is 0 Å². The quantitative estimate of drug-likeness (QED) is 0.226. The first-order valence-corrected chi connectivity index (χ1v) is 13.7. The fourth-order valence-corrected chi connectivity index (χ4v) is 5.63. The molecule has 40 heavy (non-hydrogen) atoms. The number of aryl methyl sites for hydroxylation is 1. The zero-order valence-corrected chi connectivity index (χ0v) is 23.2. The first-order valence-electron chi connectivity index (χ1n) is 12.8. The van der Waals surface area contributed by atoms with Gasteiger partial charge in [-0.25, -0.2) is 9.38 Å². The highest BCUT2D eigenvalue weighted by atomic mass is 32.2. The van der Waals surface area contributed by atoms with E-state index in [0.717, 1.165) is 28.2 Å². The Kier molecular flexibility index (Phi) is 7.85. The Morgan fingerprint density at radius 2 is 1.77 bits per heavy atom. The van der Waals surface area contributed by atoms with E-state index in [-0.39, 0.29) is 11.7 Å². The molecular formula is C32H27FN4O2S. The van der Waals surface area contributed by atoms with Crippen molar-refractivity contribution in [3.05, 3.63) is 118 Å². The molecule has 2 heterocycles. The average molecular weight is 551 g/mol. The minimum atomic E-state index is -0.328. The molecule has 1 aromatic heterocycles. The smallest absolute Gasteiger partial charge is 0.266 e. The predicted molar refractivity (Wildman–Crippen MR) is 157 cm³/mol. The summed E-state index contributed by atoms with van der Waals surface area (Å²) in [5.74, 6) is 0.283. The number of nitrogens with zero attached hydrogens (tertiary/aromatic N) is 4. The molecule has 0 unspecified atom stereocenters. The van der Waals surface area contributed by atoms with Crippen LogP contribution in [0.4, 0.5) is 10.1 Å². The molecule has 1 amide bonds. The molecule has 0 spiro atoms. The van der Waals surface area contributed by atoms with Gasteiger partial charge in [-0.1, -0.05) is 18.2 Å². The molecule has 4 aromatic rings. The van der Waals surface area contributed by atoms with Gasteiger partial charge in [0, 0.05) is 29.2 Å². The van der Waals surface area contributed by atoms with Crippen molar-refractivity contribution in [2.24, 2.45) is 4.99 Å². The number of carbonyl (C=O) groups is 1. The molecule has 1 fully saturated rings. The molecule has 0 aliphatic carbocycles. The third kappa shape index (κ3) is 5.56. The molecule has 200 valence electrons. The maximum atomic E-state index is 13.3. The largest absolute Gasteiger partial charge is 0.489 e. The lowest BCUT2D eigenvalue weighted by Gasteiger charge is -2.12. The molecule has 5 rings (SSSR count). The molecule has 3 aromatic carbocycles. The van der Waals surface area contributed by atoms with Gasteiger partial charge < -0.3 is 9.30 Å². The van der Waals surface area contributed by atoms with Gasteiger partial charge in [0.15, 0.2) is 5.17 Å². The summed E-state index contributed by atoms with van der Waals surface area (Å²) in [4.78, 5) is 20.0. The Labute approximate surface area is 237 Å². The van der Waals surface area contributed by atoms with Crippen molar-refractivity contribution in [3.8, 4) is 17.5 Å². The number of aliphatic imine (C=N–C) groups is 1. The van der Waals surface area contributed by atoms with E-state index in [9.17, 15) is 14.4 Å². The molecule has 0 saturated carbocycles. The maximum absolute atomic E-state index is 13.3. The number of halogens is 1. The number of carbonyl (C=O) groups excluding carboxylic acids is 1. The van der Waals surface area contributed by atoms with E-state index in [1.807, 2.05) is 69.3 Å². The zero-order valence-electron chi connectivity index (χ0n) is 22.4. The second kappa shape index (κ2) is 11.6. The van der Waals surface area contributed by atoms with Crippen LogP contribution in [0.15, 0.2) is 88.8 Å². The van der Waals surface area contributed by atoms with E-state index in [0.29, 0.717) is 40.2 Å². The van der Waals surface area contributed by atoms with Crippen LogP contribution >= 0.6 is 11.8 Å². The fourth-order valence-electron chi connectivity index (χ4n) is 4.58. The zero-order chi connectivity index (χ0) is 28.2. The number of hydrogen-bond donors (Lipinski definition) is 0. The number of aromatic nitrogens is 1. The first kappa shape index (κ1) is 27.0. The Morgan fingerprint density at radius 3 is 2.48 bits per heavy atom. The summed E-state index contributed by atoms with van der Waals surface area (Å²) in [5, 5.41) is 9.87. The van der Waals surface area contributed by atoms with Crippen LogP contribution in [0.5, 0.6) is 5.75 Å². The molecule has 0 N–H and O–H groups in total. The van der Waals surface area contributed by atoms with Crippen LogP contribution in [0.25, 0.3) is 11.8 Å². The lowest BCUT2D eigenvalue weighted by molar-refractivity contribution is -0.122. The predicted octanol–water partition coefficient (Wildman–Crippen LogP) is 7.31. The van der Waals surface area contributed by atoms with Crippen molar-refractivity contribution >= 4 is 34.6 Å². The standard InChI is InChI=1S/C32H27FN4O2S/c1-4-36-31(38)30(40-32(36)35-27-11-9-26(33)10-12-27)18-25-17-21(2)37(22(25)3)28-13-15-29(16-14-28)39-20-24-8-6-5-7-23(24)19-34/h5-18H,4,20H2,1-3H3/b30-18+,35-32?. The van der Waals surface area contributed by atoms with Gasteiger partial charge in [-0.3, -0.25) is 9.69 Å². The number of hydrogen-bond acceptors (Lipinski definition) is 5. The van der Waals surface area contributed by atoms with Gasteiger partial charge in [0.25, 0.3) is 5.91 Å². The average Bonchev–Trinajstić information content (AvgIpc) is 3.42. The molecule has 1 aliphatic heterocycles. The summed E-state index contributed by atoms with van der Waals surface area (Å²) in [7, 11) is 0. The van der Waals surface area contributed by atoms with Crippen molar-refractivity contribution in [2.45, 2.75) is 27.4 Å². The number of rotatable bonds is 7. The highest BCUT2D eigenvalue weighted by Crippen LogP contribution is 2.35. The lowest BCUT2D eigenvalue weighted by atomic mass is 10.1. The fraction of sp³-hybridized carbons (Fsp3) is 0.156. The van der Waals surface area contributed by atoms with Crippen LogP contribution in [-0.2, 0) is 11.4 Å². The van der Waals surface area contributed by atoms with E-state index >= 15 is 0 Å². The van der Waals surface area contributed by atoms with Crippen LogP contribution in [0, 0.1) is 31.0 Å². The molecule has 8 heteroatoms. The highest BCUT2D eigenvalue weighted by molar-refractivity contribution is 8.18. The summed E-state index contributed by atoms with van der Waals surface area (Å²) < 4.78 is 21.4. The number of nitriles is 1. The molecule has 0 bridgehead atoms. The second-order valence-electron chi connectivity index (χ2n) is 9.24. The molecular weight excluding hydrogens is 523 g/mol. The molecule has 0 radical (unpaired) electrons. The van der Waals surface area contributed by atoms with Crippen LogP contribution < -0.4 is 4.74 Å². The summed E-state index contributed by atoms with van der Waals surface area (Å²) in [6.45, 7) is 6.76. The van der Waals surface area contributed by atoms with Gasteiger partial charge in [0.2, 0.25) is 0 Å². The van der Waals surface area contributed by atoms with E-state index in [1.165, 1.54) is 23.9 Å². The van der Waals surface area contributed by atoms with Crippen LogP contribution in [0.1, 0.15) is 35.0 Å². The molecule has 6 nitrogen and oxygen atoms in total. The number of amidine groups is 1. The van der Waals surface area contributed by atoms with E-state index < -0.39 is 0 Å². The summed E-state index contributed by atoms with van der Waals surface area (Å²) in [6.07, 6.45) is 1.91. The van der Waals surface area contributed by atoms with Gasteiger partial charge >= 0.3 is 0 Å². The number of benzene rings is 3. The third-order valence-corrected chi connectivity index (χ3v) is 7.65. The monoisotopic (exact) mass is 550 g/mol. The minimum absolute atomic E-state index is 0.0994. The molecule has 0 atom stereocenters. The van der Waals surface area contributed by atoms with Crippen LogP contribution in [0.3, 0.4) is 0 Å². The normalized spacial score (nSPS) is 15.2. The van der Waals surface area contributed by atoms with Crippen molar-refractivity contribution in [2.75, 3.05) is 6.54 Å². The second-order valence-corrected chi connectivity index (χ2v) is 10.3. The number of ether oxygens (including phenoxy) is 1. The third-order valence-electron chi connectivity index (χ3n) is 6.64. The van der Waals surface area contributed by atoms with Gasteiger partial charge in [0.1, 0.15) is 18.2 Å². The highest BCUT2D eigenvalue weighted by Gasteiger charge is 2.32. The van der Waals surface area contributed by atoms with Gasteiger partial charge in [-0.2, -0.15) is 5.26 Å². The van der Waals surface area contributed by atoms with Crippen LogP contribution in [0.2, 0.25) is 0 Å². The van der Waals surface area contributed by atoms with Crippen molar-refractivity contribution in [1.29, 1.82) is 5.26 Å². The Balaban J connectivity index is 1.36. The maximum Gasteiger partial charge on any atom is 0.266 e. The van der Waals surface area contributed by atoms with E-state index in [4.69, 9.17) is 4.74 Å². The van der Waals surface area contributed by atoms with Crippen molar-refractivity contribution in [3.63, 3.8) is 0 Å². The molecule has 1 saturated heterocycles. The van der Waals surface area contributed by atoms with E-state index in [1.54, 1.807) is 23.1 Å². The van der Waals surface area contributed by atoms with Gasteiger partial charge in [0.05, 0.1) is 22.2 Å².